The summed E-state index contributed by atoms with van der Waals surface area (Å²) in [5.41, 5.74) is 1.03. The van der Waals surface area contributed by atoms with E-state index in [1.807, 2.05) is 30.3 Å². The minimum absolute atomic E-state index is 0.176. The van der Waals surface area contributed by atoms with Gasteiger partial charge < -0.3 is 10.1 Å². The molecule has 1 aliphatic heterocycles. The van der Waals surface area contributed by atoms with Gasteiger partial charge in [0.15, 0.2) is 0 Å². The number of halogens is 2. The lowest BCUT2D eigenvalue weighted by atomic mass is 10.1. The predicted molar refractivity (Wildman–Crippen MR) is 111 cm³/mol. The average molecular weight is 419 g/mol. The number of carbonyl (C=O) groups is 1. The highest BCUT2D eigenvalue weighted by Gasteiger charge is 2.23. The molecule has 2 aromatic carbocycles. The Kier molecular flexibility index (Phi) is 5.92. The van der Waals surface area contributed by atoms with Crippen LogP contribution in [0.2, 0.25) is 5.02 Å². The number of morpholine rings is 1. The first-order chi connectivity index (χ1) is 13.6. The number of nitrogens with zero attached hydrogens (tertiary/aromatic N) is 1. The number of fused-ring (bicyclic) bond motifs is 1. The minimum Gasteiger partial charge on any atom is -0.379 e. The number of carbonyl (C=O) groups excluding carboxylic acids is 1. The summed E-state index contributed by atoms with van der Waals surface area (Å²) in [7, 11) is 0. The van der Waals surface area contributed by atoms with Gasteiger partial charge in [0.1, 0.15) is 10.7 Å². The summed E-state index contributed by atoms with van der Waals surface area (Å²) in [4.78, 5) is 15.7. The van der Waals surface area contributed by atoms with E-state index in [-0.39, 0.29) is 17.8 Å². The molecule has 1 atom stereocenters. The number of thiophene rings is 1. The number of amides is 1. The van der Waals surface area contributed by atoms with Crippen LogP contribution in [0.5, 0.6) is 0 Å². The number of hydrogen-bond acceptors (Lipinski definition) is 4. The molecule has 28 heavy (non-hydrogen) atoms. The molecule has 1 fully saturated rings. The van der Waals surface area contributed by atoms with Gasteiger partial charge in [-0.1, -0.05) is 41.9 Å². The Morgan fingerprint density at radius 2 is 1.96 bits per heavy atom. The molecule has 7 heteroatoms. The first-order valence-electron chi connectivity index (χ1n) is 9.15. The highest BCUT2D eigenvalue weighted by Crippen LogP contribution is 2.36. The summed E-state index contributed by atoms with van der Waals surface area (Å²) in [6, 6.07) is 14.1. The van der Waals surface area contributed by atoms with E-state index < -0.39 is 0 Å². The van der Waals surface area contributed by atoms with Gasteiger partial charge in [0.2, 0.25) is 0 Å². The molecular weight excluding hydrogens is 399 g/mol. The Bertz CT molecular complexity index is 973. The van der Waals surface area contributed by atoms with Crippen molar-refractivity contribution in [3.8, 4) is 0 Å². The highest BCUT2D eigenvalue weighted by molar-refractivity contribution is 7.21. The SMILES string of the molecule is O=C(NC(CN1CCOCC1)c1ccccc1)c1sc2cc(F)ccc2c1Cl. The van der Waals surface area contributed by atoms with Gasteiger partial charge in [-0.25, -0.2) is 4.39 Å². The van der Waals surface area contributed by atoms with Gasteiger partial charge in [0, 0.05) is 29.7 Å². The molecule has 4 nitrogen and oxygen atoms in total. The van der Waals surface area contributed by atoms with Crippen LogP contribution in [0.3, 0.4) is 0 Å². The Balaban J connectivity index is 1.59. The molecule has 1 N–H and O–H groups in total. The molecule has 1 unspecified atom stereocenters. The van der Waals surface area contributed by atoms with Crippen molar-refractivity contribution in [3.63, 3.8) is 0 Å². The molecule has 146 valence electrons. The van der Waals surface area contributed by atoms with E-state index in [4.69, 9.17) is 16.3 Å². The fraction of sp³-hybridized carbons (Fsp3) is 0.286. The smallest absolute Gasteiger partial charge is 0.263 e. The fourth-order valence-electron chi connectivity index (χ4n) is 3.37. The van der Waals surface area contributed by atoms with Crippen molar-refractivity contribution >= 4 is 38.9 Å². The van der Waals surface area contributed by atoms with Crippen molar-refractivity contribution in [1.82, 2.24) is 10.2 Å². The van der Waals surface area contributed by atoms with Gasteiger partial charge in [-0.05, 0) is 23.8 Å². The zero-order chi connectivity index (χ0) is 19.5. The third-order valence-electron chi connectivity index (χ3n) is 4.85. The maximum absolute atomic E-state index is 13.5. The van der Waals surface area contributed by atoms with E-state index in [0.29, 0.717) is 39.7 Å². The number of benzene rings is 2. The maximum Gasteiger partial charge on any atom is 0.263 e. The summed E-state index contributed by atoms with van der Waals surface area (Å²) in [6.45, 7) is 3.76. The summed E-state index contributed by atoms with van der Waals surface area (Å²) in [6.07, 6.45) is 0. The van der Waals surface area contributed by atoms with Gasteiger partial charge in [0.05, 0.1) is 24.3 Å². The van der Waals surface area contributed by atoms with E-state index in [0.717, 1.165) is 18.7 Å². The Labute approximate surface area is 171 Å². The van der Waals surface area contributed by atoms with Crippen LogP contribution in [0.4, 0.5) is 4.39 Å². The second-order valence-corrected chi connectivity index (χ2v) is 8.17. The largest absolute Gasteiger partial charge is 0.379 e. The molecule has 0 aliphatic carbocycles. The van der Waals surface area contributed by atoms with E-state index >= 15 is 0 Å². The lowest BCUT2D eigenvalue weighted by molar-refractivity contribution is 0.0332. The number of hydrogen-bond donors (Lipinski definition) is 1. The maximum atomic E-state index is 13.5. The summed E-state index contributed by atoms with van der Waals surface area (Å²) < 4.78 is 19.6. The van der Waals surface area contributed by atoms with Gasteiger partial charge >= 0.3 is 0 Å². The van der Waals surface area contributed by atoms with Crippen LogP contribution in [0.15, 0.2) is 48.5 Å². The molecule has 3 aromatic rings. The second kappa shape index (κ2) is 8.57. The van der Waals surface area contributed by atoms with E-state index in [2.05, 4.69) is 10.2 Å². The number of rotatable bonds is 5. The number of ether oxygens (including phenoxy) is 1. The lowest BCUT2D eigenvalue weighted by Gasteiger charge is -2.31. The van der Waals surface area contributed by atoms with Crippen molar-refractivity contribution < 1.29 is 13.9 Å². The lowest BCUT2D eigenvalue weighted by Crippen LogP contribution is -2.43. The fourth-order valence-corrected chi connectivity index (χ4v) is 4.82. The van der Waals surface area contributed by atoms with Gasteiger partial charge in [-0.2, -0.15) is 0 Å². The van der Waals surface area contributed by atoms with Gasteiger partial charge in [-0.3, -0.25) is 9.69 Å². The van der Waals surface area contributed by atoms with Crippen LogP contribution in [-0.4, -0.2) is 43.7 Å². The molecule has 0 saturated carbocycles. The van der Waals surface area contributed by atoms with E-state index in [9.17, 15) is 9.18 Å². The Morgan fingerprint density at radius 1 is 1.21 bits per heavy atom. The monoisotopic (exact) mass is 418 g/mol. The van der Waals surface area contributed by atoms with Crippen LogP contribution < -0.4 is 5.32 Å². The quantitative estimate of drug-likeness (QED) is 0.663. The average Bonchev–Trinajstić information content (AvgIpc) is 3.04. The highest BCUT2D eigenvalue weighted by atomic mass is 35.5. The molecule has 2 heterocycles. The van der Waals surface area contributed by atoms with Gasteiger partial charge in [-0.15, -0.1) is 11.3 Å². The molecule has 0 bridgehead atoms. The van der Waals surface area contributed by atoms with E-state index in [1.165, 1.54) is 23.5 Å². The Hall–Kier alpha value is -1.99. The standard InChI is InChI=1S/C21H20ClFN2O2S/c22-19-16-7-6-15(23)12-18(16)28-20(19)21(26)24-17(14-4-2-1-3-5-14)13-25-8-10-27-11-9-25/h1-7,12,17H,8-11,13H2,(H,24,26). The van der Waals surface area contributed by atoms with Crippen molar-refractivity contribution in [1.29, 1.82) is 0 Å². The summed E-state index contributed by atoms with van der Waals surface area (Å²) in [5, 5.41) is 4.19. The van der Waals surface area contributed by atoms with Crippen molar-refractivity contribution in [2.45, 2.75) is 6.04 Å². The van der Waals surface area contributed by atoms with Crippen LogP contribution in [0.1, 0.15) is 21.3 Å². The van der Waals surface area contributed by atoms with Crippen molar-refractivity contribution in [2.75, 3.05) is 32.8 Å². The van der Waals surface area contributed by atoms with Crippen LogP contribution in [-0.2, 0) is 4.74 Å². The predicted octanol–water partition coefficient (Wildman–Crippen LogP) is 4.50. The zero-order valence-electron chi connectivity index (χ0n) is 15.2. The molecular formula is C21H20ClFN2O2S. The number of nitrogens with one attached hydrogen (secondary N) is 1. The normalized spacial score (nSPS) is 16.2. The van der Waals surface area contributed by atoms with E-state index in [1.54, 1.807) is 6.07 Å². The van der Waals surface area contributed by atoms with Crippen molar-refractivity contribution in [3.05, 3.63) is 69.8 Å². The molecule has 0 radical (unpaired) electrons. The molecule has 1 aromatic heterocycles. The third kappa shape index (κ3) is 4.20. The van der Waals surface area contributed by atoms with Gasteiger partial charge in [0.25, 0.3) is 5.91 Å². The first kappa shape index (κ1) is 19.3. The van der Waals surface area contributed by atoms with Crippen LogP contribution in [0, 0.1) is 5.82 Å². The molecule has 1 aliphatic rings. The molecule has 1 amide bonds. The van der Waals surface area contributed by atoms with Crippen LogP contribution >= 0.6 is 22.9 Å². The minimum atomic E-state index is -0.341. The zero-order valence-corrected chi connectivity index (χ0v) is 16.7. The third-order valence-corrected chi connectivity index (χ3v) is 6.51. The second-order valence-electron chi connectivity index (χ2n) is 6.74. The molecule has 0 spiro atoms. The summed E-state index contributed by atoms with van der Waals surface area (Å²) >= 11 is 7.64. The van der Waals surface area contributed by atoms with Crippen molar-refractivity contribution in [2.24, 2.45) is 0 Å². The topological polar surface area (TPSA) is 41.6 Å². The Morgan fingerprint density at radius 3 is 2.71 bits per heavy atom. The first-order valence-corrected chi connectivity index (χ1v) is 10.3. The van der Waals surface area contributed by atoms with Crippen LogP contribution in [0.25, 0.3) is 10.1 Å². The summed E-state index contributed by atoms with van der Waals surface area (Å²) in [5.74, 6) is -0.583. The molecule has 4 rings (SSSR count). The molecule has 1 saturated heterocycles.